The summed E-state index contributed by atoms with van der Waals surface area (Å²) in [4.78, 5) is 16.2. The van der Waals surface area contributed by atoms with Gasteiger partial charge in [-0.05, 0) is 54.5 Å². The summed E-state index contributed by atoms with van der Waals surface area (Å²) < 4.78 is 5.47. The molecule has 1 fully saturated rings. The second kappa shape index (κ2) is 8.98. The molecule has 0 unspecified atom stereocenters. The Morgan fingerprint density at radius 3 is 2.46 bits per heavy atom. The van der Waals surface area contributed by atoms with Gasteiger partial charge in [0, 0.05) is 6.20 Å². The van der Waals surface area contributed by atoms with Crippen LogP contribution in [0.5, 0.6) is 5.75 Å². The lowest BCUT2D eigenvalue weighted by Gasteiger charge is -2.38. The first-order valence-corrected chi connectivity index (χ1v) is 9.97. The molecule has 3 nitrogen and oxygen atoms in total. The van der Waals surface area contributed by atoms with Gasteiger partial charge in [0.2, 0.25) is 0 Å². The molecule has 0 aliphatic heterocycles. The van der Waals surface area contributed by atoms with Crippen LogP contribution in [0.3, 0.4) is 0 Å². The van der Waals surface area contributed by atoms with Crippen LogP contribution in [0.1, 0.15) is 80.8 Å². The SMILES string of the molecule is CCCCCC1(c2ccc(OC(=O)c3ccccn3)cc2)CCCCC1. The summed E-state index contributed by atoms with van der Waals surface area (Å²) in [5.74, 6) is 0.178. The highest BCUT2D eigenvalue weighted by Gasteiger charge is 2.33. The number of aromatic nitrogens is 1. The molecule has 26 heavy (non-hydrogen) atoms. The van der Waals surface area contributed by atoms with Gasteiger partial charge in [0.15, 0.2) is 0 Å². The van der Waals surface area contributed by atoms with E-state index < -0.39 is 5.97 Å². The third-order valence-corrected chi connectivity index (χ3v) is 5.62. The summed E-state index contributed by atoms with van der Waals surface area (Å²) in [6, 6.07) is 13.4. The zero-order chi connectivity index (χ0) is 18.2. The molecule has 0 radical (unpaired) electrons. The van der Waals surface area contributed by atoms with Crippen molar-refractivity contribution in [3.8, 4) is 5.75 Å². The van der Waals surface area contributed by atoms with Crippen LogP contribution in [-0.4, -0.2) is 11.0 Å². The van der Waals surface area contributed by atoms with Gasteiger partial charge < -0.3 is 4.74 Å². The minimum Gasteiger partial charge on any atom is -0.422 e. The van der Waals surface area contributed by atoms with Crippen LogP contribution in [0.4, 0.5) is 0 Å². The molecule has 0 saturated heterocycles. The number of rotatable bonds is 7. The normalized spacial score (nSPS) is 16.2. The van der Waals surface area contributed by atoms with E-state index in [1.807, 2.05) is 12.1 Å². The van der Waals surface area contributed by atoms with Crippen molar-refractivity contribution >= 4 is 5.97 Å². The monoisotopic (exact) mass is 351 g/mol. The van der Waals surface area contributed by atoms with E-state index in [9.17, 15) is 4.79 Å². The summed E-state index contributed by atoms with van der Waals surface area (Å²) >= 11 is 0. The molecule has 0 spiro atoms. The number of carbonyl (C=O) groups is 1. The smallest absolute Gasteiger partial charge is 0.362 e. The van der Waals surface area contributed by atoms with Gasteiger partial charge in [0.05, 0.1) is 0 Å². The number of unbranched alkanes of at least 4 members (excludes halogenated alkanes) is 2. The first-order chi connectivity index (χ1) is 12.7. The molecule has 138 valence electrons. The van der Waals surface area contributed by atoms with Crippen molar-refractivity contribution in [2.45, 2.75) is 70.1 Å². The summed E-state index contributed by atoms with van der Waals surface area (Å²) in [6.45, 7) is 2.26. The zero-order valence-corrected chi connectivity index (χ0v) is 15.7. The molecule has 3 rings (SSSR count). The lowest BCUT2D eigenvalue weighted by molar-refractivity contribution is 0.0728. The van der Waals surface area contributed by atoms with Crippen molar-refractivity contribution in [1.82, 2.24) is 4.98 Å². The molecular weight excluding hydrogens is 322 g/mol. The van der Waals surface area contributed by atoms with Crippen molar-refractivity contribution in [3.05, 3.63) is 59.9 Å². The standard InChI is InChI=1S/C23H29NO2/c1-2-3-6-15-23(16-7-4-8-17-23)19-11-13-20(14-12-19)26-22(25)21-10-5-9-18-24-21/h5,9-14,18H,2-4,6-8,15-17H2,1H3. The Bertz CT molecular complexity index is 688. The number of benzene rings is 1. The predicted octanol–water partition coefficient (Wildman–Crippen LogP) is 6.08. The summed E-state index contributed by atoms with van der Waals surface area (Å²) in [6.07, 6.45) is 13.3. The lowest BCUT2D eigenvalue weighted by atomic mass is 9.66. The van der Waals surface area contributed by atoms with Gasteiger partial charge in [-0.1, -0.05) is 63.6 Å². The van der Waals surface area contributed by atoms with E-state index >= 15 is 0 Å². The van der Waals surface area contributed by atoms with Crippen molar-refractivity contribution in [1.29, 1.82) is 0 Å². The molecule has 0 amide bonds. The fourth-order valence-corrected chi connectivity index (χ4v) is 4.14. The van der Waals surface area contributed by atoms with Gasteiger partial charge in [0.1, 0.15) is 11.4 Å². The van der Waals surface area contributed by atoms with E-state index in [2.05, 4.69) is 24.0 Å². The van der Waals surface area contributed by atoms with E-state index in [1.165, 1.54) is 63.4 Å². The second-order valence-electron chi connectivity index (χ2n) is 7.43. The minimum atomic E-state index is -0.409. The summed E-state index contributed by atoms with van der Waals surface area (Å²) in [7, 11) is 0. The van der Waals surface area contributed by atoms with Gasteiger partial charge in [0.25, 0.3) is 0 Å². The Kier molecular flexibility index (Phi) is 6.43. The largest absolute Gasteiger partial charge is 0.422 e. The number of pyridine rings is 1. The van der Waals surface area contributed by atoms with Gasteiger partial charge in [-0.3, -0.25) is 0 Å². The van der Waals surface area contributed by atoms with Crippen LogP contribution in [0.15, 0.2) is 48.7 Å². The van der Waals surface area contributed by atoms with Gasteiger partial charge >= 0.3 is 5.97 Å². The Hall–Kier alpha value is -2.16. The van der Waals surface area contributed by atoms with E-state index in [-0.39, 0.29) is 0 Å². The molecule has 3 heteroatoms. The maximum atomic E-state index is 12.2. The highest BCUT2D eigenvalue weighted by Crippen LogP contribution is 2.43. The van der Waals surface area contributed by atoms with Crippen molar-refractivity contribution in [3.63, 3.8) is 0 Å². The molecule has 1 aliphatic rings. The third kappa shape index (κ3) is 4.51. The Balaban J connectivity index is 1.71. The topological polar surface area (TPSA) is 39.2 Å². The summed E-state index contributed by atoms with van der Waals surface area (Å²) in [5, 5.41) is 0. The quantitative estimate of drug-likeness (QED) is 0.344. The average Bonchev–Trinajstić information content (AvgIpc) is 2.70. The lowest BCUT2D eigenvalue weighted by Crippen LogP contribution is -2.29. The van der Waals surface area contributed by atoms with Crippen molar-refractivity contribution in [2.75, 3.05) is 0 Å². The molecule has 1 aliphatic carbocycles. The van der Waals surface area contributed by atoms with Crippen molar-refractivity contribution in [2.24, 2.45) is 0 Å². The van der Waals surface area contributed by atoms with E-state index in [0.717, 1.165) is 0 Å². The molecule has 0 atom stereocenters. The number of nitrogens with zero attached hydrogens (tertiary/aromatic N) is 1. The van der Waals surface area contributed by atoms with Gasteiger partial charge in [-0.25, -0.2) is 9.78 Å². The van der Waals surface area contributed by atoms with Gasteiger partial charge in [-0.2, -0.15) is 0 Å². The number of carbonyl (C=O) groups excluding carboxylic acids is 1. The van der Waals surface area contributed by atoms with Crippen LogP contribution in [0, 0.1) is 0 Å². The van der Waals surface area contributed by atoms with Crippen LogP contribution in [0.2, 0.25) is 0 Å². The highest BCUT2D eigenvalue weighted by molar-refractivity contribution is 5.88. The van der Waals surface area contributed by atoms with Crippen LogP contribution in [-0.2, 0) is 5.41 Å². The molecule has 1 heterocycles. The Morgan fingerprint density at radius 2 is 1.81 bits per heavy atom. The molecule has 0 N–H and O–H groups in total. The second-order valence-corrected chi connectivity index (χ2v) is 7.43. The van der Waals surface area contributed by atoms with E-state index in [4.69, 9.17) is 4.74 Å². The van der Waals surface area contributed by atoms with Crippen molar-refractivity contribution < 1.29 is 9.53 Å². The highest BCUT2D eigenvalue weighted by atomic mass is 16.5. The van der Waals surface area contributed by atoms with Crippen LogP contribution in [0.25, 0.3) is 0 Å². The number of ether oxygens (including phenoxy) is 1. The van der Waals surface area contributed by atoms with Gasteiger partial charge in [-0.15, -0.1) is 0 Å². The Labute approximate surface area is 156 Å². The maximum Gasteiger partial charge on any atom is 0.362 e. The maximum absolute atomic E-state index is 12.2. The van der Waals surface area contributed by atoms with E-state index in [1.54, 1.807) is 24.4 Å². The summed E-state index contributed by atoms with van der Waals surface area (Å²) in [5.41, 5.74) is 2.06. The molecule has 1 saturated carbocycles. The first-order valence-electron chi connectivity index (χ1n) is 9.97. The molecule has 2 aromatic rings. The number of hydrogen-bond donors (Lipinski definition) is 0. The molecule has 1 aromatic heterocycles. The fourth-order valence-electron chi connectivity index (χ4n) is 4.14. The first kappa shape index (κ1) is 18.6. The predicted molar refractivity (Wildman–Crippen MR) is 105 cm³/mol. The minimum absolute atomic E-state index is 0.316. The number of esters is 1. The van der Waals surface area contributed by atoms with E-state index in [0.29, 0.717) is 16.9 Å². The zero-order valence-electron chi connectivity index (χ0n) is 15.7. The van der Waals surface area contributed by atoms with Crippen LogP contribution >= 0.6 is 0 Å². The molecule has 1 aromatic carbocycles. The fraction of sp³-hybridized carbons (Fsp3) is 0.478. The molecule has 0 bridgehead atoms. The third-order valence-electron chi connectivity index (χ3n) is 5.62. The average molecular weight is 351 g/mol. The number of hydrogen-bond acceptors (Lipinski definition) is 3. The Morgan fingerprint density at radius 1 is 1.04 bits per heavy atom. The van der Waals surface area contributed by atoms with Crippen LogP contribution < -0.4 is 4.74 Å². The molecular formula is C23H29NO2.